The van der Waals surface area contributed by atoms with Crippen LogP contribution in [0, 0.1) is 11.7 Å². The molecule has 2 aliphatic rings. The lowest BCUT2D eigenvalue weighted by Crippen LogP contribution is -2.41. The molecule has 8 heteroatoms. The van der Waals surface area contributed by atoms with E-state index in [1.807, 2.05) is 30.0 Å². The van der Waals surface area contributed by atoms with Crippen LogP contribution in [0.4, 0.5) is 4.39 Å². The zero-order chi connectivity index (χ0) is 24.4. The number of thiazole rings is 1. The summed E-state index contributed by atoms with van der Waals surface area (Å²) in [5.74, 6) is 0.475. The SMILES string of the molecule is CCCNC(=O)c1csc(COc2ccc3c(c2)C(c2ccc(F)cc2)N(C(=O)C2CC2)CC3)n1. The van der Waals surface area contributed by atoms with Crippen molar-refractivity contribution >= 4 is 23.2 Å². The highest BCUT2D eigenvalue weighted by Crippen LogP contribution is 2.41. The van der Waals surface area contributed by atoms with Gasteiger partial charge in [0.25, 0.3) is 5.91 Å². The Kier molecular flexibility index (Phi) is 6.81. The molecule has 182 valence electrons. The number of hydrogen-bond acceptors (Lipinski definition) is 5. The van der Waals surface area contributed by atoms with Gasteiger partial charge in [0.1, 0.15) is 28.9 Å². The monoisotopic (exact) mass is 493 g/mol. The number of carbonyl (C=O) groups is 2. The summed E-state index contributed by atoms with van der Waals surface area (Å²) in [5, 5.41) is 5.28. The van der Waals surface area contributed by atoms with Crippen molar-refractivity contribution in [3.05, 3.63) is 81.1 Å². The van der Waals surface area contributed by atoms with Crippen molar-refractivity contribution in [1.29, 1.82) is 0 Å². The largest absolute Gasteiger partial charge is 0.486 e. The van der Waals surface area contributed by atoms with Gasteiger partial charge < -0.3 is 15.0 Å². The van der Waals surface area contributed by atoms with Crippen molar-refractivity contribution in [2.24, 2.45) is 5.92 Å². The normalized spacial score (nSPS) is 17.1. The van der Waals surface area contributed by atoms with Gasteiger partial charge in [0.15, 0.2) is 0 Å². The van der Waals surface area contributed by atoms with Crippen LogP contribution in [0.1, 0.15) is 64.4 Å². The van der Waals surface area contributed by atoms with Gasteiger partial charge in [-0.2, -0.15) is 0 Å². The molecule has 0 spiro atoms. The van der Waals surface area contributed by atoms with E-state index in [-0.39, 0.29) is 36.2 Å². The predicted octanol–water partition coefficient (Wildman–Crippen LogP) is 4.89. The van der Waals surface area contributed by atoms with Gasteiger partial charge in [0.05, 0.1) is 6.04 Å². The maximum Gasteiger partial charge on any atom is 0.270 e. The number of benzene rings is 2. The Morgan fingerprint density at radius 2 is 2.00 bits per heavy atom. The minimum atomic E-state index is -0.298. The van der Waals surface area contributed by atoms with Crippen LogP contribution in [0.25, 0.3) is 0 Å². The molecule has 6 nitrogen and oxygen atoms in total. The molecular weight excluding hydrogens is 465 g/mol. The molecule has 1 aliphatic heterocycles. The van der Waals surface area contributed by atoms with E-state index < -0.39 is 0 Å². The number of carbonyl (C=O) groups excluding carboxylic acids is 2. The molecule has 2 aromatic carbocycles. The number of fused-ring (bicyclic) bond motifs is 1. The fraction of sp³-hybridized carbons (Fsp3) is 0.370. The van der Waals surface area contributed by atoms with Crippen molar-refractivity contribution in [3.63, 3.8) is 0 Å². The molecule has 1 aromatic heterocycles. The Balaban J connectivity index is 1.37. The van der Waals surface area contributed by atoms with Crippen LogP contribution in [0.3, 0.4) is 0 Å². The summed E-state index contributed by atoms with van der Waals surface area (Å²) in [6.45, 7) is 3.51. The van der Waals surface area contributed by atoms with Crippen molar-refractivity contribution in [3.8, 4) is 5.75 Å². The Bertz CT molecular complexity index is 1220. The van der Waals surface area contributed by atoms with E-state index in [4.69, 9.17) is 4.74 Å². The van der Waals surface area contributed by atoms with Crippen LogP contribution in [0.5, 0.6) is 5.75 Å². The summed E-state index contributed by atoms with van der Waals surface area (Å²) >= 11 is 1.39. The average molecular weight is 494 g/mol. The minimum Gasteiger partial charge on any atom is -0.486 e. The van der Waals surface area contributed by atoms with Gasteiger partial charge in [0.2, 0.25) is 5.91 Å². The standard InChI is InChI=1S/C27H28FN3O3S/c1-2-12-29-26(32)23-16-35-24(30-23)15-34-21-10-7-17-11-13-31(27(33)19-3-4-19)25(22(17)14-21)18-5-8-20(28)9-6-18/h5-10,14,16,19,25H,2-4,11-13,15H2,1H3,(H,29,32). The molecule has 2 amide bonds. The number of ether oxygens (including phenoxy) is 1. The highest BCUT2D eigenvalue weighted by atomic mass is 32.1. The highest BCUT2D eigenvalue weighted by molar-refractivity contribution is 7.09. The molecule has 1 N–H and O–H groups in total. The fourth-order valence-electron chi connectivity index (χ4n) is 4.45. The first kappa shape index (κ1) is 23.5. The Morgan fingerprint density at radius 1 is 1.20 bits per heavy atom. The summed E-state index contributed by atoms with van der Waals surface area (Å²) in [5.41, 5.74) is 3.46. The van der Waals surface area contributed by atoms with E-state index in [0.717, 1.165) is 42.4 Å². The lowest BCUT2D eigenvalue weighted by atomic mass is 9.87. The first-order valence-corrected chi connectivity index (χ1v) is 13.0. The van der Waals surface area contributed by atoms with Crippen molar-refractivity contribution in [2.45, 2.75) is 45.3 Å². The number of amides is 2. The molecule has 1 aliphatic carbocycles. The second kappa shape index (κ2) is 10.2. The summed E-state index contributed by atoms with van der Waals surface area (Å²) in [6.07, 6.45) is 3.52. The zero-order valence-electron chi connectivity index (χ0n) is 19.6. The molecular formula is C27H28FN3O3S. The lowest BCUT2D eigenvalue weighted by molar-refractivity contribution is -0.134. The fourth-order valence-corrected chi connectivity index (χ4v) is 5.13. The molecule has 0 bridgehead atoms. The van der Waals surface area contributed by atoms with Crippen LogP contribution < -0.4 is 10.1 Å². The summed E-state index contributed by atoms with van der Waals surface area (Å²) in [7, 11) is 0. The number of halogens is 1. The van der Waals surface area contributed by atoms with Crippen molar-refractivity contribution in [1.82, 2.24) is 15.2 Å². The molecule has 0 saturated heterocycles. The number of nitrogens with zero attached hydrogens (tertiary/aromatic N) is 2. The van der Waals surface area contributed by atoms with Gasteiger partial charge in [-0.05, 0) is 66.6 Å². The van der Waals surface area contributed by atoms with Gasteiger partial charge in [0, 0.05) is 24.4 Å². The van der Waals surface area contributed by atoms with E-state index in [2.05, 4.69) is 10.3 Å². The summed E-state index contributed by atoms with van der Waals surface area (Å²) in [6, 6.07) is 12.1. The van der Waals surface area contributed by atoms with E-state index in [1.54, 1.807) is 17.5 Å². The maximum absolute atomic E-state index is 13.7. The molecule has 1 atom stereocenters. The second-order valence-electron chi connectivity index (χ2n) is 9.04. The molecule has 2 heterocycles. The van der Waals surface area contributed by atoms with Crippen LogP contribution in [-0.2, 0) is 17.8 Å². The van der Waals surface area contributed by atoms with E-state index in [1.165, 1.54) is 23.5 Å². The van der Waals surface area contributed by atoms with E-state index >= 15 is 0 Å². The van der Waals surface area contributed by atoms with E-state index in [0.29, 0.717) is 29.5 Å². The summed E-state index contributed by atoms with van der Waals surface area (Å²) < 4.78 is 19.7. The Labute approximate surface area is 208 Å². The average Bonchev–Trinajstić information content (AvgIpc) is 3.62. The Hall–Kier alpha value is -3.26. The molecule has 5 rings (SSSR count). The highest BCUT2D eigenvalue weighted by Gasteiger charge is 2.39. The predicted molar refractivity (Wildman–Crippen MR) is 132 cm³/mol. The molecule has 0 radical (unpaired) electrons. The third-order valence-corrected chi connectivity index (χ3v) is 7.25. The van der Waals surface area contributed by atoms with Crippen LogP contribution in [-0.4, -0.2) is 34.8 Å². The van der Waals surface area contributed by atoms with Gasteiger partial charge in [-0.1, -0.05) is 25.1 Å². The number of rotatable bonds is 8. The van der Waals surface area contributed by atoms with Gasteiger partial charge in [-0.25, -0.2) is 9.37 Å². The topological polar surface area (TPSA) is 71.5 Å². The third kappa shape index (κ3) is 5.22. The Morgan fingerprint density at radius 3 is 2.74 bits per heavy atom. The smallest absolute Gasteiger partial charge is 0.270 e. The molecule has 1 unspecified atom stereocenters. The lowest BCUT2D eigenvalue weighted by Gasteiger charge is -2.38. The molecule has 3 aromatic rings. The quantitative estimate of drug-likeness (QED) is 0.485. The number of aromatic nitrogens is 1. The first-order chi connectivity index (χ1) is 17.0. The van der Waals surface area contributed by atoms with Crippen LogP contribution in [0.15, 0.2) is 47.8 Å². The molecule has 1 saturated carbocycles. The number of nitrogens with one attached hydrogen (secondary N) is 1. The molecule has 1 fully saturated rings. The summed E-state index contributed by atoms with van der Waals surface area (Å²) in [4.78, 5) is 31.6. The van der Waals surface area contributed by atoms with Gasteiger partial charge >= 0.3 is 0 Å². The molecule has 35 heavy (non-hydrogen) atoms. The second-order valence-corrected chi connectivity index (χ2v) is 9.98. The minimum absolute atomic E-state index is 0.104. The van der Waals surface area contributed by atoms with Crippen molar-refractivity contribution in [2.75, 3.05) is 13.1 Å². The number of hydrogen-bond donors (Lipinski definition) is 1. The van der Waals surface area contributed by atoms with Crippen molar-refractivity contribution < 1.29 is 18.7 Å². The first-order valence-electron chi connectivity index (χ1n) is 12.1. The van der Waals surface area contributed by atoms with Gasteiger partial charge in [-0.3, -0.25) is 9.59 Å². The van der Waals surface area contributed by atoms with Gasteiger partial charge in [-0.15, -0.1) is 11.3 Å². The van der Waals surface area contributed by atoms with Crippen LogP contribution in [0.2, 0.25) is 0 Å². The maximum atomic E-state index is 13.7. The third-order valence-electron chi connectivity index (χ3n) is 6.42. The van der Waals surface area contributed by atoms with E-state index in [9.17, 15) is 14.0 Å². The zero-order valence-corrected chi connectivity index (χ0v) is 20.4. The van der Waals surface area contributed by atoms with Crippen LogP contribution >= 0.6 is 11.3 Å².